The van der Waals surface area contributed by atoms with Crippen molar-refractivity contribution in [2.45, 2.75) is 32.0 Å². The molecule has 1 saturated heterocycles. The van der Waals surface area contributed by atoms with E-state index in [9.17, 15) is 17.6 Å². The molecular weight excluding hydrogens is 358 g/mol. The number of pyridine rings is 1. The number of ether oxygens (including phenoxy) is 2. The van der Waals surface area contributed by atoms with Crippen LogP contribution >= 0.6 is 0 Å². The predicted octanol–water partition coefficient (Wildman–Crippen LogP) is 2.97. The van der Waals surface area contributed by atoms with Crippen molar-refractivity contribution in [2.24, 2.45) is 0 Å². The number of nitrogens with zero attached hydrogens (tertiary/aromatic N) is 3. The number of aromatic amines is 1. The van der Waals surface area contributed by atoms with Crippen molar-refractivity contribution >= 4 is 11.5 Å². The molecule has 3 N–H and O–H groups in total. The van der Waals surface area contributed by atoms with Gasteiger partial charge in [-0.25, -0.2) is 4.98 Å². The highest BCUT2D eigenvalue weighted by atomic mass is 19.3. The smallest absolute Gasteiger partial charge is 0.388 e. The molecule has 0 amide bonds. The zero-order valence-electron chi connectivity index (χ0n) is 13.5. The molecular formula is C15H17F4N5O2. The van der Waals surface area contributed by atoms with Crippen LogP contribution in [0.4, 0.5) is 29.1 Å². The standard InChI is InChI=1S/C15H17F4N5O2/c16-14(17)25-11-5-9(7-21-13(11)26-15(18)19)24-3-1-8(2-4-24)10-6-12(20)23-22-10/h5-8,14-15H,1-4H2,(H3,20,22,23). The average Bonchev–Trinajstić information content (AvgIpc) is 3.02. The zero-order chi connectivity index (χ0) is 18.7. The van der Waals surface area contributed by atoms with E-state index in [1.54, 1.807) is 6.07 Å². The summed E-state index contributed by atoms with van der Waals surface area (Å²) in [6.07, 6.45) is 2.83. The molecule has 0 unspecified atom stereocenters. The van der Waals surface area contributed by atoms with Crippen molar-refractivity contribution in [3.8, 4) is 11.6 Å². The first-order valence-corrected chi connectivity index (χ1v) is 7.87. The minimum atomic E-state index is -3.19. The molecule has 0 aliphatic carbocycles. The fourth-order valence-corrected chi connectivity index (χ4v) is 2.94. The molecule has 11 heteroatoms. The highest BCUT2D eigenvalue weighted by Crippen LogP contribution is 2.35. The van der Waals surface area contributed by atoms with Crippen molar-refractivity contribution in [1.29, 1.82) is 0 Å². The van der Waals surface area contributed by atoms with Gasteiger partial charge >= 0.3 is 13.2 Å². The minimum absolute atomic E-state index is 0.228. The summed E-state index contributed by atoms with van der Waals surface area (Å²) in [5.74, 6) is -0.480. The van der Waals surface area contributed by atoms with E-state index in [2.05, 4.69) is 24.7 Å². The SMILES string of the molecule is Nc1cc(C2CCN(c3cnc(OC(F)F)c(OC(F)F)c3)CC2)n[nH]1. The number of aromatic nitrogens is 3. The van der Waals surface area contributed by atoms with Gasteiger partial charge in [0, 0.05) is 31.1 Å². The maximum atomic E-state index is 12.5. The molecule has 2 aromatic rings. The van der Waals surface area contributed by atoms with Gasteiger partial charge in [-0.15, -0.1) is 0 Å². The van der Waals surface area contributed by atoms with E-state index in [0.717, 1.165) is 18.5 Å². The van der Waals surface area contributed by atoms with Gasteiger partial charge in [-0.1, -0.05) is 0 Å². The summed E-state index contributed by atoms with van der Waals surface area (Å²) in [6.45, 7) is -5.14. The maximum Gasteiger partial charge on any atom is 0.388 e. The van der Waals surface area contributed by atoms with Gasteiger partial charge in [0.15, 0.2) is 5.75 Å². The van der Waals surface area contributed by atoms with Crippen LogP contribution in [0.2, 0.25) is 0 Å². The Kier molecular flexibility index (Phi) is 5.33. The van der Waals surface area contributed by atoms with E-state index in [-0.39, 0.29) is 5.92 Å². The largest absolute Gasteiger partial charge is 0.429 e. The molecule has 2 aromatic heterocycles. The molecule has 0 spiro atoms. The Hall–Kier alpha value is -2.72. The molecule has 0 bridgehead atoms. The van der Waals surface area contributed by atoms with Crippen molar-refractivity contribution in [3.05, 3.63) is 24.0 Å². The molecule has 26 heavy (non-hydrogen) atoms. The number of alkyl halides is 4. The molecule has 3 heterocycles. The number of anilines is 2. The van der Waals surface area contributed by atoms with E-state index in [1.165, 1.54) is 12.3 Å². The van der Waals surface area contributed by atoms with Gasteiger partial charge in [0.2, 0.25) is 0 Å². The van der Waals surface area contributed by atoms with Crippen molar-refractivity contribution in [2.75, 3.05) is 23.7 Å². The van der Waals surface area contributed by atoms with Crippen LogP contribution < -0.4 is 20.1 Å². The Labute approximate surface area is 146 Å². The number of halogens is 4. The van der Waals surface area contributed by atoms with E-state index >= 15 is 0 Å². The quantitative estimate of drug-likeness (QED) is 0.755. The summed E-state index contributed by atoms with van der Waals surface area (Å²) < 4.78 is 58.2. The van der Waals surface area contributed by atoms with Gasteiger partial charge in [-0.3, -0.25) is 5.10 Å². The van der Waals surface area contributed by atoms with Gasteiger partial charge in [0.05, 0.1) is 17.6 Å². The monoisotopic (exact) mass is 375 g/mol. The van der Waals surface area contributed by atoms with E-state index < -0.39 is 24.9 Å². The Balaban J connectivity index is 1.71. The summed E-state index contributed by atoms with van der Waals surface area (Å²) in [4.78, 5) is 5.60. The highest BCUT2D eigenvalue weighted by molar-refractivity contribution is 5.52. The van der Waals surface area contributed by atoms with Gasteiger partial charge in [0.25, 0.3) is 5.88 Å². The van der Waals surface area contributed by atoms with Crippen molar-refractivity contribution in [3.63, 3.8) is 0 Å². The van der Waals surface area contributed by atoms with Gasteiger partial charge in [-0.05, 0) is 12.8 Å². The van der Waals surface area contributed by atoms with Crippen LogP contribution in [0.5, 0.6) is 11.6 Å². The Morgan fingerprint density at radius 2 is 1.81 bits per heavy atom. The van der Waals surface area contributed by atoms with Crippen LogP contribution in [0.15, 0.2) is 18.3 Å². The number of rotatable bonds is 6. The molecule has 0 atom stereocenters. The molecule has 1 fully saturated rings. The lowest BCUT2D eigenvalue weighted by atomic mass is 9.93. The third kappa shape index (κ3) is 4.27. The molecule has 142 valence electrons. The molecule has 1 aliphatic rings. The second kappa shape index (κ2) is 7.67. The van der Waals surface area contributed by atoms with E-state index in [1.807, 2.05) is 4.90 Å². The van der Waals surface area contributed by atoms with Crippen LogP contribution in [0.1, 0.15) is 24.5 Å². The van der Waals surface area contributed by atoms with Crippen LogP contribution in [0.25, 0.3) is 0 Å². The topological polar surface area (TPSA) is 89.3 Å². The number of hydrogen-bond donors (Lipinski definition) is 2. The third-order valence-corrected chi connectivity index (χ3v) is 4.12. The summed E-state index contributed by atoms with van der Waals surface area (Å²) in [6, 6.07) is 3.01. The van der Waals surface area contributed by atoms with Crippen molar-refractivity contribution in [1.82, 2.24) is 15.2 Å². The number of nitrogens with two attached hydrogens (primary N) is 1. The number of H-pyrrole nitrogens is 1. The lowest BCUT2D eigenvalue weighted by Crippen LogP contribution is -2.33. The van der Waals surface area contributed by atoms with E-state index in [4.69, 9.17) is 5.73 Å². The number of piperidine rings is 1. The first-order valence-electron chi connectivity index (χ1n) is 7.87. The number of nitrogens with one attached hydrogen (secondary N) is 1. The lowest BCUT2D eigenvalue weighted by Gasteiger charge is -2.33. The van der Waals surface area contributed by atoms with Crippen LogP contribution in [-0.2, 0) is 0 Å². The highest BCUT2D eigenvalue weighted by Gasteiger charge is 2.24. The van der Waals surface area contributed by atoms with Crippen LogP contribution in [0, 0.1) is 0 Å². The zero-order valence-corrected chi connectivity index (χ0v) is 13.5. The van der Waals surface area contributed by atoms with Crippen LogP contribution in [0.3, 0.4) is 0 Å². The molecule has 7 nitrogen and oxygen atoms in total. The van der Waals surface area contributed by atoms with E-state index in [0.29, 0.717) is 24.6 Å². The van der Waals surface area contributed by atoms with Crippen molar-refractivity contribution < 1.29 is 27.0 Å². The Morgan fingerprint density at radius 1 is 1.12 bits per heavy atom. The summed E-state index contributed by atoms with van der Waals surface area (Å²) in [5, 5.41) is 6.85. The first kappa shape index (κ1) is 18.1. The Morgan fingerprint density at radius 3 is 2.38 bits per heavy atom. The fourth-order valence-electron chi connectivity index (χ4n) is 2.94. The second-order valence-corrected chi connectivity index (χ2v) is 5.76. The number of hydrogen-bond acceptors (Lipinski definition) is 6. The third-order valence-electron chi connectivity index (χ3n) is 4.12. The lowest BCUT2D eigenvalue weighted by molar-refractivity contribution is -0.0715. The molecule has 0 radical (unpaired) electrons. The van der Waals surface area contributed by atoms with Gasteiger partial charge in [-0.2, -0.15) is 22.7 Å². The summed E-state index contributed by atoms with van der Waals surface area (Å²) >= 11 is 0. The molecule has 0 saturated carbocycles. The van der Waals surface area contributed by atoms with Crippen LogP contribution in [-0.4, -0.2) is 41.5 Å². The summed E-state index contributed by atoms with van der Waals surface area (Å²) in [5.41, 5.74) is 7.00. The maximum absolute atomic E-state index is 12.5. The fraction of sp³-hybridized carbons (Fsp3) is 0.467. The molecule has 3 rings (SSSR count). The van der Waals surface area contributed by atoms with Gasteiger partial charge in [0.1, 0.15) is 5.82 Å². The summed E-state index contributed by atoms with van der Waals surface area (Å²) in [7, 11) is 0. The Bertz CT molecular complexity index is 735. The minimum Gasteiger partial charge on any atom is -0.429 e. The molecule has 0 aromatic carbocycles. The molecule has 1 aliphatic heterocycles. The van der Waals surface area contributed by atoms with Gasteiger partial charge < -0.3 is 20.1 Å². The normalized spacial score (nSPS) is 15.7. The second-order valence-electron chi connectivity index (χ2n) is 5.76. The first-order chi connectivity index (χ1) is 12.4. The predicted molar refractivity (Wildman–Crippen MR) is 84.7 cm³/mol. The average molecular weight is 375 g/mol. The number of nitrogen functional groups attached to an aromatic ring is 1.